The summed E-state index contributed by atoms with van der Waals surface area (Å²) in [7, 11) is 0. The summed E-state index contributed by atoms with van der Waals surface area (Å²) >= 11 is 0. The second-order valence-electron chi connectivity index (χ2n) is 6.32. The van der Waals surface area contributed by atoms with Crippen molar-refractivity contribution >= 4 is 11.9 Å². The number of hydrogen-bond acceptors (Lipinski definition) is 2. The van der Waals surface area contributed by atoms with Gasteiger partial charge in [-0.1, -0.05) is 68.8 Å². The Bertz CT molecular complexity index is 738. The van der Waals surface area contributed by atoms with Crippen molar-refractivity contribution in [3.05, 3.63) is 59.7 Å². The van der Waals surface area contributed by atoms with Crippen molar-refractivity contribution in [1.82, 2.24) is 5.32 Å². The average molecular weight is 323 g/mol. The van der Waals surface area contributed by atoms with Crippen molar-refractivity contribution in [2.75, 3.05) is 0 Å². The monoisotopic (exact) mass is 323 g/mol. The summed E-state index contributed by atoms with van der Waals surface area (Å²) in [6.45, 7) is 3.77. The number of rotatable bonds is 5. The third-order valence-electron chi connectivity index (χ3n) is 4.87. The van der Waals surface area contributed by atoms with Gasteiger partial charge in [-0.2, -0.15) is 0 Å². The zero-order valence-corrected chi connectivity index (χ0v) is 13.8. The molecular weight excluding hydrogens is 302 g/mol. The molecule has 0 saturated carbocycles. The topological polar surface area (TPSA) is 66.4 Å². The number of fused-ring (bicyclic) bond motifs is 3. The largest absolute Gasteiger partial charge is 0.480 e. The molecule has 2 N–H and O–H groups in total. The molecule has 24 heavy (non-hydrogen) atoms. The van der Waals surface area contributed by atoms with E-state index in [2.05, 4.69) is 5.32 Å². The highest BCUT2D eigenvalue weighted by atomic mass is 16.4. The van der Waals surface area contributed by atoms with E-state index in [1.807, 2.05) is 62.4 Å². The van der Waals surface area contributed by atoms with E-state index in [-0.39, 0.29) is 11.8 Å². The van der Waals surface area contributed by atoms with Crippen molar-refractivity contribution in [3.8, 4) is 11.1 Å². The van der Waals surface area contributed by atoms with Crippen molar-refractivity contribution in [2.24, 2.45) is 5.92 Å². The molecule has 0 saturated heterocycles. The van der Waals surface area contributed by atoms with Crippen LogP contribution in [0, 0.1) is 5.92 Å². The van der Waals surface area contributed by atoms with E-state index in [1.165, 1.54) is 0 Å². The lowest BCUT2D eigenvalue weighted by atomic mass is 9.93. The summed E-state index contributed by atoms with van der Waals surface area (Å²) in [5.74, 6) is -1.82. The van der Waals surface area contributed by atoms with E-state index in [9.17, 15) is 14.7 Å². The predicted molar refractivity (Wildman–Crippen MR) is 92.7 cm³/mol. The molecule has 1 aliphatic rings. The van der Waals surface area contributed by atoms with Crippen LogP contribution in [0.15, 0.2) is 48.5 Å². The highest BCUT2D eigenvalue weighted by molar-refractivity contribution is 5.97. The Morgan fingerprint density at radius 2 is 1.54 bits per heavy atom. The molecule has 2 aromatic carbocycles. The van der Waals surface area contributed by atoms with Crippen molar-refractivity contribution < 1.29 is 14.7 Å². The minimum absolute atomic E-state index is 0.127. The molecule has 4 heteroatoms. The highest BCUT2D eigenvalue weighted by Crippen LogP contribution is 2.44. The third kappa shape index (κ3) is 2.68. The Morgan fingerprint density at radius 3 is 2.00 bits per heavy atom. The van der Waals surface area contributed by atoms with Crippen LogP contribution in [-0.4, -0.2) is 23.0 Å². The average Bonchev–Trinajstić information content (AvgIpc) is 2.93. The van der Waals surface area contributed by atoms with E-state index >= 15 is 0 Å². The van der Waals surface area contributed by atoms with E-state index in [0.717, 1.165) is 22.3 Å². The minimum atomic E-state index is -0.989. The molecule has 0 unspecified atom stereocenters. The second kappa shape index (κ2) is 6.48. The first kappa shape index (κ1) is 16.2. The standard InChI is InChI=1S/C20H21NO3/c1-3-12(2)18(20(23)24)21-19(22)17-15-10-6-4-8-13(15)14-9-5-7-11-16(14)17/h4-12,17-18H,3H2,1-2H3,(H,21,22)(H,23,24)/t12-,18-/m1/s1. The number of carbonyl (C=O) groups excluding carboxylic acids is 1. The molecule has 0 aromatic heterocycles. The first-order chi connectivity index (χ1) is 11.5. The van der Waals surface area contributed by atoms with E-state index < -0.39 is 17.9 Å². The van der Waals surface area contributed by atoms with Crippen LogP contribution in [0.25, 0.3) is 11.1 Å². The Balaban J connectivity index is 1.97. The summed E-state index contributed by atoms with van der Waals surface area (Å²) in [5, 5.41) is 12.2. The van der Waals surface area contributed by atoms with Gasteiger partial charge in [-0.05, 0) is 28.2 Å². The van der Waals surface area contributed by atoms with Crippen LogP contribution in [0.2, 0.25) is 0 Å². The number of hydrogen-bond donors (Lipinski definition) is 2. The zero-order chi connectivity index (χ0) is 17.3. The SMILES string of the molecule is CC[C@@H](C)[C@@H](NC(=O)C1c2ccccc2-c2ccccc21)C(=O)O. The summed E-state index contributed by atoms with van der Waals surface area (Å²) < 4.78 is 0. The fourth-order valence-corrected chi connectivity index (χ4v) is 3.36. The Labute approximate surface area is 141 Å². The molecule has 2 aromatic rings. The van der Waals surface area contributed by atoms with Gasteiger partial charge in [0.05, 0.1) is 5.92 Å². The maximum atomic E-state index is 12.9. The molecule has 1 aliphatic carbocycles. The van der Waals surface area contributed by atoms with Gasteiger partial charge >= 0.3 is 5.97 Å². The molecule has 1 amide bonds. The van der Waals surface area contributed by atoms with Crippen LogP contribution < -0.4 is 5.32 Å². The van der Waals surface area contributed by atoms with Gasteiger partial charge in [-0.3, -0.25) is 4.79 Å². The molecule has 0 bridgehead atoms. The summed E-state index contributed by atoms with van der Waals surface area (Å²) in [6.07, 6.45) is 0.690. The fraction of sp³-hybridized carbons (Fsp3) is 0.300. The molecule has 0 heterocycles. The highest BCUT2D eigenvalue weighted by Gasteiger charge is 2.36. The molecular formula is C20H21NO3. The van der Waals surface area contributed by atoms with Gasteiger partial charge in [0, 0.05) is 0 Å². The van der Waals surface area contributed by atoms with Gasteiger partial charge < -0.3 is 10.4 Å². The van der Waals surface area contributed by atoms with E-state index in [0.29, 0.717) is 6.42 Å². The number of carboxylic acids is 1. The minimum Gasteiger partial charge on any atom is -0.480 e. The quantitative estimate of drug-likeness (QED) is 0.886. The second-order valence-corrected chi connectivity index (χ2v) is 6.32. The van der Waals surface area contributed by atoms with Gasteiger partial charge in [-0.25, -0.2) is 4.79 Å². The van der Waals surface area contributed by atoms with Crippen molar-refractivity contribution in [2.45, 2.75) is 32.2 Å². The molecule has 0 radical (unpaired) electrons. The first-order valence-corrected chi connectivity index (χ1v) is 8.26. The lowest BCUT2D eigenvalue weighted by Gasteiger charge is -2.23. The molecule has 2 atom stereocenters. The van der Waals surface area contributed by atoms with Gasteiger partial charge in [-0.15, -0.1) is 0 Å². The smallest absolute Gasteiger partial charge is 0.326 e. The fourth-order valence-electron chi connectivity index (χ4n) is 3.36. The van der Waals surface area contributed by atoms with Crippen LogP contribution in [0.4, 0.5) is 0 Å². The summed E-state index contributed by atoms with van der Waals surface area (Å²) in [6, 6.07) is 14.8. The maximum Gasteiger partial charge on any atom is 0.326 e. The normalized spacial score (nSPS) is 15.2. The van der Waals surface area contributed by atoms with Crippen LogP contribution in [0.5, 0.6) is 0 Å². The number of nitrogens with one attached hydrogen (secondary N) is 1. The van der Waals surface area contributed by atoms with E-state index in [4.69, 9.17) is 0 Å². The Kier molecular flexibility index (Phi) is 4.38. The van der Waals surface area contributed by atoms with Gasteiger partial charge in [0.2, 0.25) is 5.91 Å². The van der Waals surface area contributed by atoms with Crippen molar-refractivity contribution in [3.63, 3.8) is 0 Å². The van der Waals surface area contributed by atoms with Gasteiger partial charge in [0.25, 0.3) is 0 Å². The molecule has 0 aliphatic heterocycles. The van der Waals surface area contributed by atoms with E-state index in [1.54, 1.807) is 0 Å². The van der Waals surface area contributed by atoms with Crippen molar-refractivity contribution in [1.29, 1.82) is 0 Å². The van der Waals surface area contributed by atoms with Gasteiger partial charge in [0.15, 0.2) is 0 Å². The number of benzene rings is 2. The maximum absolute atomic E-state index is 12.9. The van der Waals surface area contributed by atoms with Crippen LogP contribution in [0.1, 0.15) is 37.3 Å². The predicted octanol–water partition coefficient (Wildman–Crippen LogP) is 3.41. The summed E-state index contributed by atoms with van der Waals surface area (Å²) in [4.78, 5) is 24.5. The van der Waals surface area contributed by atoms with Crippen LogP contribution in [0.3, 0.4) is 0 Å². The molecule has 3 rings (SSSR count). The number of carboxylic acid groups (broad SMARTS) is 1. The lowest BCUT2D eigenvalue weighted by molar-refractivity contribution is -0.143. The third-order valence-corrected chi connectivity index (χ3v) is 4.87. The van der Waals surface area contributed by atoms with Crippen LogP contribution >= 0.6 is 0 Å². The molecule has 0 spiro atoms. The van der Waals surface area contributed by atoms with Crippen LogP contribution in [-0.2, 0) is 9.59 Å². The lowest BCUT2D eigenvalue weighted by Crippen LogP contribution is -2.46. The molecule has 4 nitrogen and oxygen atoms in total. The first-order valence-electron chi connectivity index (χ1n) is 8.26. The van der Waals surface area contributed by atoms with Gasteiger partial charge in [0.1, 0.15) is 6.04 Å². The number of amides is 1. The number of aliphatic carboxylic acids is 1. The Morgan fingerprint density at radius 1 is 1.04 bits per heavy atom. The number of carbonyl (C=O) groups is 2. The molecule has 0 fully saturated rings. The zero-order valence-electron chi connectivity index (χ0n) is 13.8. The summed E-state index contributed by atoms with van der Waals surface area (Å²) in [5.41, 5.74) is 3.96. The Hall–Kier alpha value is -2.62. The molecule has 124 valence electrons.